The molecule has 1 aromatic carbocycles. The van der Waals surface area contributed by atoms with E-state index in [2.05, 4.69) is 57.1 Å². The first kappa shape index (κ1) is 14.2. The Labute approximate surface area is 122 Å². The second kappa shape index (κ2) is 6.78. The van der Waals surface area contributed by atoms with E-state index in [-0.39, 0.29) is 0 Å². The molecule has 1 N–H and O–H groups in total. The molecule has 2 aromatic rings. The molecule has 102 valence electrons. The van der Waals surface area contributed by atoms with Gasteiger partial charge in [0.25, 0.3) is 0 Å². The zero-order valence-electron chi connectivity index (χ0n) is 11.3. The van der Waals surface area contributed by atoms with E-state index in [0.29, 0.717) is 6.61 Å². The van der Waals surface area contributed by atoms with Gasteiger partial charge in [0.15, 0.2) is 0 Å². The molecule has 0 bridgehead atoms. The van der Waals surface area contributed by atoms with Gasteiger partial charge in [0.05, 0.1) is 13.2 Å². The number of hydrogen-bond acceptors (Lipinski definition) is 2. The highest BCUT2D eigenvalue weighted by molar-refractivity contribution is 9.10. The standard InChI is InChI=1S/C15H19BrN2O/c1-3-18-9-5-6-12(18)10-17-15-8-4-7-14(16)13(15)11-19-2/h4-9,17H,3,10-11H2,1-2H3. The fourth-order valence-corrected chi connectivity index (χ4v) is 2.60. The number of ether oxygens (including phenoxy) is 1. The Morgan fingerprint density at radius 2 is 2.11 bits per heavy atom. The number of aryl methyl sites for hydroxylation is 1. The molecule has 1 heterocycles. The first-order valence-corrected chi connectivity index (χ1v) is 7.19. The molecule has 0 spiro atoms. The van der Waals surface area contributed by atoms with Crippen LogP contribution >= 0.6 is 15.9 Å². The number of nitrogens with one attached hydrogen (secondary N) is 1. The van der Waals surface area contributed by atoms with Crippen molar-refractivity contribution in [3.63, 3.8) is 0 Å². The van der Waals surface area contributed by atoms with Crippen molar-refractivity contribution < 1.29 is 4.74 Å². The van der Waals surface area contributed by atoms with Gasteiger partial charge in [-0.15, -0.1) is 0 Å². The molecule has 1 aromatic heterocycles. The minimum Gasteiger partial charge on any atom is -0.380 e. The number of benzene rings is 1. The number of aromatic nitrogens is 1. The molecular formula is C15H19BrN2O. The summed E-state index contributed by atoms with van der Waals surface area (Å²) in [6.07, 6.45) is 2.11. The molecule has 0 radical (unpaired) electrons. The lowest BCUT2D eigenvalue weighted by atomic mass is 10.2. The molecule has 19 heavy (non-hydrogen) atoms. The van der Waals surface area contributed by atoms with Gasteiger partial charge in [-0.1, -0.05) is 22.0 Å². The van der Waals surface area contributed by atoms with Gasteiger partial charge in [0, 0.05) is 41.3 Å². The van der Waals surface area contributed by atoms with E-state index in [4.69, 9.17) is 4.74 Å². The maximum Gasteiger partial charge on any atom is 0.0744 e. The largest absolute Gasteiger partial charge is 0.380 e. The van der Waals surface area contributed by atoms with Crippen LogP contribution in [0.5, 0.6) is 0 Å². The third kappa shape index (κ3) is 3.39. The van der Waals surface area contributed by atoms with Crippen LogP contribution in [0.3, 0.4) is 0 Å². The molecule has 0 saturated carbocycles. The van der Waals surface area contributed by atoms with Crippen molar-refractivity contribution in [3.05, 3.63) is 52.3 Å². The maximum atomic E-state index is 5.26. The van der Waals surface area contributed by atoms with Gasteiger partial charge in [-0.2, -0.15) is 0 Å². The van der Waals surface area contributed by atoms with Gasteiger partial charge in [0.1, 0.15) is 0 Å². The molecule has 0 fully saturated rings. The van der Waals surface area contributed by atoms with Crippen molar-refractivity contribution >= 4 is 21.6 Å². The molecule has 0 amide bonds. The van der Waals surface area contributed by atoms with Crippen LogP contribution in [0, 0.1) is 0 Å². The zero-order chi connectivity index (χ0) is 13.7. The van der Waals surface area contributed by atoms with E-state index in [1.54, 1.807) is 7.11 Å². The maximum absolute atomic E-state index is 5.26. The van der Waals surface area contributed by atoms with Crippen LogP contribution in [0.2, 0.25) is 0 Å². The summed E-state index contributed by atoms with van der Waals surface area (Å²) in [5.74, 6) is 0. The lowest BCUT2D eigenvalue weighted by Gasteiger charge is -2.14. The van der Waals surface area contributed by atoms with Gasteiger partial charge < -0.3 is 14.6 Å². The molecule has 0 atom stereocenters. The second-order valence-electron chi connectivity index (χ2n) is 4.34. The highest BCUT2D eigenvalue weighted by Gasteiger charge is 2.07. The van der Waals surface area contributed by atoms with Crippen molar-refractivity contribution in [1.82, 2.24) is 4.57 Å². The molecule has 0 aliphatic carbocycles. The summed E-state index contributed by atoms with van der Waals surface area (Å²) < 4.78 is 8.57. The van der Waals surface area contributed by atoms with Crippen molar-refractivity contribution in [2.24, 2.45) is 0 Å². The third-order valence-electron chi connectivity index (χ3n) is 3.13. The Morgan fingerprint density at radius 3 is 2.84 bits per heavy atom. The Hall–Kier alpha value is -1.26. The predicted octanol–water partition coefficient (Wildman–Crippen LogP) is 4.03. The summed E-state index contributed by atoms with van der Waals surface area (Å²) >= 11 is 3.57. The first-order chi connectivity index (χ1) is 9.26. The molecular weight excluding hydrogens is 304 g/mol. The monoisotopic (exact) mass is 322 g/mol. The molecule has 2 rings (SSSR count). The fraction of sp³-hybridized carbons (Fsp3) is 0.333. The predicted molar refractivity (Wildman–Crippen MR) is 82.3 cm³/mol. The Balaban J connectivity index is 2.13. The zero-order valence-corrected chi connectivity index (χ0v) is 12.9. The van der Waals surface area contributed by atoms with Crippen LogP contribution in [0.1, 0.15) is 18.2 Å². The highest BCUT2D eigenvalue weighted by Crippen LogP contribution is 2.26. The van der Waals surface area contributed by atoms with Crippen molar-refractivity contribution in [1.29, 1.82) is 0 Å². The number of anilines is 1. The molecule has 3 nitrogen and oxygen atoms in total. The summed E-state index contributed by atoms with van der Waals surface area (Å²) in [5, 5.41) is 3.49. The second-order valence-corrected chi connectivity index (χ2v) is 5.19. The van der Waals surface area contributed by atoms with Gasteiger partial charge in [-0.05, 0) is 31.2 Å². The molecule has 0 aliphatic rings. The van der Waals surface area contributed by atoms with E-state index < -0.39 is 0 Å². The van der Waals surface area contributed by atoms with Crippen molar-refractivity contribution in [3.8, 4) is 0 Å². The van der Waals surface area contributed by atoms with Gasteiger partial charge in [-0.25, -0.2) is 0 Å². The van der Waals surface area contributed by atoms with E-state index >= 15 is 0 Å². The summed E-state index contributed by atoms with van der Waals surface area (Å²) in [5.41, 5.74) is 3.55. The van der Waals surface area contributed by atoms with Crippen LogP contribution in [0.15, 0.2) is 41.0 Å². The first-order valence-electron chi connectivity index (χ1n) is 6.40. The van der Waals surface area contributed by atoms with E-state index in [1.807, 2.05) is 12.1 Å². The van der Waals surface area contributed by atoms with Crippen molar-refractivity contribution in [2.45, 2.75) is 26.6 Å². The average Bonchev–Trinajstić information content (AvgIpc) is 2.87. The Bertz CT molecular complexity index is 537. The Kier molecular flexibility index (Phi) is 5.05. The molecule has 0 saturated heterocycles. The summed E-state index contributed by atoms with van der Waals surface area (Å²) in [6, 6.07) is 10.4. The van der Waals surface area contributed by atoms with E-state index in [9.17, 15) is 0 Å². The topological polar surface area (TPSA) is 26.2 Å². The van der Waals surface area contributed by atoms with Crippen LogP contribution in [0.4, 0.5) is 5.69 Å². The third-order valence-corrected chi connectivity index (χ3v) is 3.87. The quantitative estimate of drug-likeness (QED) is 0.869. The van der Waals surface area contributed by atoms with Gasteiger partial charge >= 0.3 is 0 Å². The van der Waals surface area contributed by atoms with Gasteiger partial charge in [0.2, 0.25) is 0 Å². The van der Waals surface area contributed by atoms with E-state index in [0.717, 1.165) is 28.8 Å². The number of nitrogens with zero attached hydrogens (tertiary/aromatic N) is 1. The number of methoxy groups -OCH3 is 1. The molecule has 4 heteroatoms. The minimum atomic E-state index is 0.596. The average molecular weight is 323 g/mol. The van der Waals surface area contributed by atoms with E-state index in [1.165, 1.54) is 5.69 Å². The Morgan fingerprint density at radius 1 is 1.26 bits per heavy atom. The molecule has 0 aliphatic heterocycles. The summed E-state index contributed by atoms with van der Waals surface area (Å²) in [4.78, 5) is 0. The minimum absolute atomic E-state index is 0.596. The summed E-state index contributed by atoms with van der Waals surface area (Å²) in [7, 11) is 1.71. The number of rotatable bonds is 6. The fourth-order valence-electron chi connectivity index (χ4n) is 2.12. The van der Waals surface area contributed by atoms with Crippen molar-refractivity contribution in [2.75, 3.05) is 12.4 Å². The highest BCUT2D eigenvalue weighted by atomic mass is 79.9. The van der Waals surface area contributed by atoms with Gasteiger partial charge in [-0.3, -0.25) is 0 Å². The smallest absolute Gasteiger partial charge is 0.0744 e. The lowest BCUT2D eigenvalue weighted by Crippen LogP contribution is -2.08. The van der Waals surface area contributed by atoms with Crippen LogP contribution in [0.25, 0.3) is 0 Å². The lowest BCUT2D eigenvalue weighted by molar-refractivity contribution is 0.185. The summed E-state index contributed by atoms with van der Waals surface area (Å²) in [6.45, 7) is 4.55. The normalized spacial score (nSPS) is 10.7. The van der Waals surface area contributed by atoms with Crippen LogP contribution in [-0.2, 0) is 24.4 Å². The number of halogens is 1. The number of hydrogen-bond donors (Lipinski definition) is 1. The van der Waals surface area contributed by atoms with Crippen LogP contribution in [-0.4, -0.2) is 11.7 Å². The molecule has 0 unspecified atom stereocenters. The SMILES string of the molecule is CCn1cccc1CNc1cccc(Br)c1COC. The van der Waals surface area contributed by atoms with Crippen LogP contribution < -0.4 is 5.32 Å².